The van der Waals surface area contributed by atoms with Crippen LogP contribution in [0.4, 0.5) is 10.5 Å². The summed E-state index contributed by atoms with van der Waals surface area (Å²) in [6, 6.07) is 12.2. The van der Waals surface area contributed by atoms with Gasteiger partial charge in [0.05, 0.1) is 20.4 Å². The molecule has 2 aromatic carbocycles. The lowest BCUT2D eigenvalue weighted by atomic mass is 10.2. The number of hydrogen-bond acceptors (Lipinski definition) is 4. The van der Waals surface area contributed by atoms with Crippen LogP contribution in [0.5, 0.6) is 11.5 Å². The molecule has 0 aliphatic heterocycles. The average molecular weight is 378 g/mol. The molecule has 0 saturated carbocycles. The number of carbonyl (C=O) groups excluding carboxylic acids is 1. The van der Waals surface area contributed by atoms with Gasteiger partial charge < -0.3 is 14.8 Å². The molecule has 23 heavy (non-hydrogen) atoms. The molecule has 7 heteroatoms. The van der Waals surface area contributed by atoms with Crippen molar-refractivity contribution in [3.8, 4) is 11.5 Å². The summed E-state index contributed by atoms with van der Waals surface area (Å²) in [5.74, 6) is 1.18. The van der Waals surface area contributed by atoms with Crippen molar-refractivity contribution in [3.05, 3.63) is 52.5 Å². The van der Waals surface area contributed by atoms with Crippen LogP contribution in [-0.4, -0.2) is 26.5 Å². The quantitative estimate of drug-likeness (QED) is 0.617. The molecule has 0 aliphatic carbocycles. The summed E-state index contributed by atoms with van der Waals surface area (Å²) in [7, 11) is 3.12. The van der Waals surface area contributed by atoms with E-state index in [0.717, 1.165) is 10.0 Å². The fourth-order valence-corrected chi connectivity index (χ4v) is 2.23. The van der Waals surface area contributed by atoms with E-state index in [1.165, 1.54) is 6.21 Å². The molecule has 0 fully saturated rings. The maximum Gasteiger partial charge on any atom is 0.339 e. The molecule has 120 valence electrons. The number of methoxy groups -OCH3 is 2. The first-order chi connectivity index (χ1) is 11.1. The molecule has 2 amide bonds. The molecule has 6 nitrogen and oxygen atoms in total. The number of rotatable bonds is 5. The largest absolute Gasteiger partial charge is 0.493 e. The van der Waals surface area contributed by atoms with Crippen LogP contribution in [0, 0.1) is 0 Å². The van der Waals surface area contributed by atoms with Gasteiger partial charge in [0.2, 0.25) is 0 Å². The van der Waals surface area contributed by atoms with Gasteiger partial charge in [0.25, 0.3) is 0 Å². The molecule has 0 bridgehead atoms. The molecule has 0 radical (unpaired) electrons. The van der Waals surface area contributed by atoms with Crippen molar-refractivity contribution in [1.29, 1.82) is 0 Å². The molecular formula is C16H16BrN3O3. The van der Waals surface area contributed by atoms with Gasteiger partial charge >= 0.3 is 6.03 Å². The summed E-state index contributed by atoms with van der Waals surface area (Å²) in [5.41, 5.74) is 3.83. The molecular weight excluding hydrogens is 362 g/mol. The number of hydrogen-bond donors (Lipinski definition) is 2. The van der Waals surface area contributed by atoms with Crippen LogP contribution in [0.2, 0.25) is 0 Å². The molecule has 0 spiro atoms. The first-order valence-electron chi connectivity index (χ1n) is 6.70. The van der Waals surface area contributed by atoms with Gasteiger partial charge in [-0.25, -0.2) is 10.2 Å². The SMILES string of the molecule is COc1cc(Br)c(/C=N\NC(=O)Nc2ccccc2)cc1OC. The molecule has 0 aliphatic rings. The van der Waals surface area contributed by atoms with Crippen LogP contribution in [0.25, 0.3) is 0 Å². The third-order valence-corrected chi connectivity index (χ3v) is 3.59. The average Bonchev–Trinajstić information content (AvgIpc) is 2.56. The maximum atomic E-state index is 11.7. The first-order valence-corrected chi connectivity index (χ1v) is 7.50. The predicted octanol–water partition coefficient (Wildman–Crippen LogP) is 3.62. The van der Waals surface area contributed by atoms with Gasteiger partial charge in [-0.3, -0.25) is 0 Å². The number of urea groups is 1. The second kappa shape index (κ2) is 8.19. The fourth-order valence-electron chi connectivity index (χ4n) is 1.81. The number of benzene rings is 2. The Balaban J connectivity index is 2.01. The third kappa shape index (κ3) is 4.72. The standard InChI is InChI=1S/C16H16BrN3O3/c1-22-14-8-11(13(17)9-15(14)23-2)10-18-20-16(21)19-12-6-4-3-5-7-12/h3-10H,1-2H3,(H2,19,20,21)/b18-10-. The highest BCUT2D eigenvalue weighted by Crippen LogP contribution is 2.32. The zero-order valence-corrected chi connectivity index (χ0v) is 14.3. The van der Waals surface area contributed by atoms with E-state index in [-0.39, 0.29) is 0 Å². The van der Waals surface area contributed by atoms with Crippen molar-refractivity contribution in [1.82, 2.24) is 5.43 Å². The second-order valence-electron chi connectivity index (χ2n) is 4.42. The number of nitrogens with zero attached hydrogens (tertiary/aromatic N) is 1. The van der Waals surface area contributed by atoms with Crippen molar-refractivity contribution in [2.45, 2.75) is 0 Å². The van der Waals surface area contributed by atoms with E-state index in [1.54, 1.807) is 38.5 Å². The highest BCUT2D eigenvalue weighted by molar-refractivity contribution is 9.10. The van der Waals surface area contributed by atoms with E-state index in [9.17, 15) is 4.79 Å². The molecule has 0 atom stereocenters. The maximum absolute atomic E-state index is 11.7. The van der Waals surface area contributed by atoms with Gasteiger partial charge in [-0.15, -0.1) is 0 Å². The monoisotopic (exact) mass is 377 g/mol. The lowest BCUT2D eigenvalue weighted by Crippen LogP contribution is -2.24. The van der Waals surface area contributed by atoms with Crippen LogP contribution in [0.3, 0.4) is 0 Å². The van der Waals surface area contributed by atoms with Gasteiger partial charge in [0.1, 0.15) is 0 Å². The Morgan fingerprint density at radius 2 is 1.78 bits per heavy atom. The second-order valence-corrected chi connectivity index (χ2v) is 5.27. The minimum atomic E-state index is -0.427. The smallest absolute Gasteiger partial charge is 0.339 e. The van der Waals surface area contributed by atoms with E-state index < -0.39 is 6.03 Å². The summed E-state index contributed by atoms with van der Waals surface area (Å²) < 4.78 is 11.2. The molecule has 2 rings (SSSR count). The molecule has 0 aromatic heterocycles. The summed E-state index contributed by atoms with van der Waals surface area (Å²) in [6.45, 7) is 0. The Morgan fingerprint density at radius 3 is 2.43 bits per heavy atom. The zero-order chi connectivity index (χ0) is 16.7. The Bertz CT molecular complexity index is 705. The van der Waals surface area contributed by atoms with Crippen molar-refractivity contribution < 1.29 is 14.3 Å². The molecule has 2 N–H and O–H groups in total. The van der Waals surface area contributed by atoms with Crippen molar-refractivity contribution >= 4 is 33.9 Å². The highest BCUT2D eigenvalue weighted by Gasteiger charge is 2.08. The fraction of sp³-hybridized carbons (Fsp3) is 0.125. The minimum Gasteiger partial charge on any atom is -0.493 e. The number of ether oxygens (including phenoxy) is 2. The van der Waals surface area contributed by atoms with Gasteiger partial charge in [-0.05, 0) is 40.2 Å². The zero-order valence-electron chi connectivity index (χ0n) is 12.7. The summed E-state index contributed by atoms with van der Waals surface area (Å²) in [5, 5.41) is 6.58. The topological polar surface area (TPSA) is 72.0 Å². The summed E-state index contributed by atoms with van der Waals surface area (Å²) in [6.07, 6.45) is 1.51. The van der Waals surface area contributed by atoms with E-state index in [1.807, 2.05) is 18.2 Å². The van der Waals surface area contributed by atoms with Crippen molar-refractivity contribution in [2.75, 3.05) is 19.5 Å². The number of para-hydroxylation sites is 1. The minimum absolute atomic E-state index is 0.427. The van der Waals surface area contributed by atoms with Gasteiger partial charge in [-0.1, -0.05) is 18.2 Å². The van der Waals surface area contributed by atoms with Crippen LogP contribution in [-0.2, 0) is 0 Å². The summed E-state index contributed by atoms with van der Waals surface area (Å²) >= 11 is 3.42. The Hall–Kier alpha value is -2.54. The van der Waals surface area contributed by atoms with Gasteiger partial charge in [-0.2, -0.15) is 5.10 Å². The third-order valence-electron chi connectivity index (χ3n) is 2.90. The number of carbonyl (C=O) groups is 1. The predicted molar refractivity (Wildman–Crippen MR) is 93.4 cm³/mol. The highest BCUT2D eigenvalue weighted by atomic mass is 79.9. The van der Waals surface area contributed by atoms with Gasteiger partial charge in [0, 0.05) is 15.7 Å². The molecule has 0 saturated heterocycles. The van der Waals surface area contributed by atoms with Crippen molar-refractivity contribution in [2.24, 2.45) is 5.10 Å². The molecule has 0 heterocycles. The van der Waals surface area contributed by atoms with Gasteiger partial charge in [0.15, 0.2) is 11.5 Å². The normalized spacial score (nSPS) is 10.4. The number of anilines is 1. The van der Waals surface area contributed by atoms with E-state index in [0.29, 0.717) is 17.2 Å². The molecule has 0 unspecified atom stereocenters. The first kappa shape index (κ1) is 16.8. The van der Waals surface area contributed by atoms with Crippen LogP contribution in [0.1, 0.15) is 5.56 Å². The summed E-state index contributed by atoms with van der Waals surface area (Å²) in [4.78, 5) is 11.7. The Morgan fingerprint density at radius 1 is 1.13 bits per heavy atom. The number of hydrazone groups is 1. The van der Waals surface area contributed by atoms with Crippen LogP contribution >= 0.6 is 15.9 Å². The number of amides is 2. The number of halogens is 1. The Labute approximate surface area is 142 Å². The van der Waals surface area contributed by atoms with E-state index >= 15 is 0 Å². The molecule has 2 aromatic rings. The van der Waals surface area contributed by atoms with E-state index in [4.69, 9.17) is 9.47 Å². The van der Waals surface area contributed by atoms with Crippen molar-refractivity contribution in [3.63, 3.8) is 0 Å². The lowest BCUT2D eigenvalue weighted by Gasteiger charge is -2.09. The van der Waals surface area contributed by atoms with Crippen LogP contribution < -0.4 is 20.2 Å². The Kier molecular flexibility index (Phi) is 5.99. The van der Waals surface area contributed by atoms with E-state index in [2.05, 4.69) is 31.8 Å². The number of nitrogens with one attached hydrogen (secondary N) is 2. The lowest BCUT2D eigenvalue weighted by molar-refractivity contribution is 0.252. The van der Waals surface area contributed by atoms with Crippen LogP contribution in [0.15, 0.2) is 52.0 Å².